The second-order valence-corrected chi connectivity index (χ2v) is 5.53. The molecule has 0 aromatic heterocycles. The molecular weight excluding hydrogens is 246 g/mol. The number of hydrogen-bond donors (Lipinski definition) is 1. The first kappa shape index (κ1) is 13.2. The van der Waals surface area contributed by atoms with Crippen molar-refractivity contribution in [1.29, 1.82) is 0 Å². The molecule has 3 rings (SSSR count). The molecule has 0 radical (unpaired) electrons. The first-order chi connectivity index (χ1) is 9.76. The molecule has 1 N–H and O–H groups in total. The third-order valence-electron chi connectivity index (χ3n) is 3.88. The molecule has 0 atom stereocenters. The maximum absolute atomic E-state index is 5.22. The number of methoxy groups -OCH3 is 1. The summed E-state index contributed by atoms with van der Waals surface area (Å²) in [4.78, 5) is 0. The normalized spacial score (nSPS) is 14.3. The Morgan fingerprint density at radius 1 is 1.10 bits per heavy atom. The minimum atomic E-state index is 0.751. The number of rotatable bonds is 5. The van der Waals surface area contributed by atoms with Crippen LogP contribution in [0.3, 0.4) is 0 Å². The van der Waals surface area contributed by atoms with Crippen LogP contribution in [0.5, 0.6) is 5.75 Å². The van der Waals surface area contributed by atoms with Crippen molar-refractivity contribution < 1.29 is 4.74 Å². The second kappa shape index (κ2) is 5.68. The highest BCUT2D eigenvalue weighted by Crippen LogP contribution is 2.27. The Morgan fingerprint density at radius 2 is 1.85 bits per heavy atom. The van der Waals surface area contributed by atoms with Crippen LogP contribution < -0.4 is 10.1 Å². The first-order valence-electron chi connectivity index (χ1n) is 7.23. The molecule has 2 aromatic rings. The molecule has 0 heterocycles. The summed E-state index contributed by atoms with van der Waals surface area (Å²) in [6, 6.07) is 15.8. The monoisotopic (exact) mass is 267 g/mol. The van der Waals surface area contributed by atoms with E-state index in [1.165, 1.54) is 35.1 Å². The topological polar surface area (TPSA) is 21.3 Å². The van der Waals surface area contributed by atoms with Crippen molar-refractivity contribution in [2.24, 2.45) is 0 Å². The lowest BCUT2D eigenvalue weighted by Crippen LogP contribution is -2.15. The standard InChI is InChI=1S/C18H21NO/c1-13-3-4-14(12-19-16-7-8-16)11-18(13)15-5-9-17(20-2)10-6-15/h3-6,9-11,16,19H,7-8,12H2,1-2H3. The Kier molecular flexibility index (Phi) is 3.75. The van der Waals surface area contributed by atoms with Crippen LogP contribution in [0.2, 0.25) is 0 Å². The van der Waals surface area contributed by atoms with Gasteiger partial charge in [0.25, 0.3) is 0 Å². The maximum atomic E-state index is 5.22. The molecule has 1 aliphatic rings. The zero-order valence-electron chi connectivity index (χ0n) is 12.1. The van der Waals surface area contributed by atoms with Gasteiger partial charge in [0.1, 0.15) is 5.75 Å². The van der Waals surface area contributed by atoms with Gasteiger partial charge in [0, 0.05) is 12.6 Å². The molecule has 1 fully saturated rings. The van der Waals surface area contributed by atoms with Gasteiger partial charge < -0.3 is 10.1 Å². The van der Waals surface area contributed by atoms with E-state index in [1.54, 1.807) is 7.11 Å². The van der Waals surface area contributed by atoms with Gasteiger partial charge in [-0.15, -0.1) is 0 Å². The Balaban J connectivity index is 1.83. The summed E-state index contributed by atoms with van der Waals surface area (Å²) in [5.74, 6) is 0.901. The Bertz CT molecular complexity index is 585. The van der Waals surface area contributed by atoms with Crippen LogP contribution in [0.4, 0.5) is 0 Å². The largest absolute Gasteiger partial charge is 0.497 e. The van der Waals surface area contributed by atoms with E-state index in [-0.39, 0.29) is 0 Å². The number of nitrogens with one attached hydrogen (secondary N) is 1. The van der Waals surface area contributed by atoms with Crippen molar-refractivity contribution >= 4 is 0 Å². The number of ether oxygens (including phenoxy) is 1. The molecule has 0 unspecified atom stereocenters. The molecular formula is C18H21NO. The summed E-state index contributed by atoms with van der Waals surface area (Å²) in [5.41, 5.74) is 5.22. The van der Waals surface area contributed by atoms with E-state index in [4.69, 9.17) is 4.74 Å². The molecule has 104 valence electrons. The number of aryl methyl sites for hydroxylation is 1. The van der Waals surface area contributed by atoms with Crippen LogP contribution in [0.15, 0.2) is 42.5 Å². The molecule has 2 heteroatoms. The third-order valence-corrected chi connectivity index (χ3v) is 3.88. The molecule has 0 bridgehead atoms. The highest BCUT2D eigenvalue weighted by molar-refractivity contribution is 5.68. The summed E-state index contributed by atoms with van der Waals surface area (Å²) < 4.78 is 5.22. The average molecular weight is 267 g/mol. The van der Waals surface area contributed by atoms with Gasteiger partial charge in [0.2, 0.25) is 0 Å². The third kappa shape index (κ3) is 3.02. The molecule has 20 heavy (non-hydrogen) atoms. The molecule has 0 spiro atoms. The van der Waals surface area contributed by atoms with Crippen molar-refractivity contribution in [3.8, 4) is 16.9 Å². The molecule has 0 aliphatic heterocycles. The Morgan fingerprint density at radius 3 is 2.50 bits per heavy atom. The van der Waals surface area contributed by atoms with E-state index >= 15 is 0 Å². The predicted molar refractivity (Wildman–Crippen MR) is 83.0 cm³/mol. The van der Waals surface area contributed by atoms with Crippen LogP contribution in [-0.4, -0.2) is 13.2 Å². The second-order valence-electron chi connectivity index (χ2n) is 5.53. The van der Waals surface area contributed by atoms with Gasteiger partial charge in [-0.05, 0) is 60.2 Å². The average Bonchev–Trinajstić information content (AvgIpc) is 3.31. The summed E-state index contributed by atoms with van der Waals surface area (Å²) in [5, 5.41) is 3.57. The summed E-state index contributed by atoms with van der Waals surface area (Å²) in [6.45, 7) is 3.13. The van der Waals surface area contributed by atoms with Gasteiger partial charge >= 0.3 is 0 Å². The van der Waals surface area contributed by atoms with Gasteiger partial charge in [0.05, 0.1) is 7.11 Å². The zero-order valence-corrected chi connectivity index (χ0v) is 12.1. The zero-order chi connectivity index (χ0) is 13.9. The summed E-state index contributed by atoms with van der Waals surface area (Å²) >= 11 is 0. The minimum Gasteiger partial charge on any atom is -0.497 e. The van der Waals surface area contributed by atoms with Crippen LogP contribution in [0, 0.1) is 6.92 Å². The van der Waals surface area contributed by atoms with Crippen molar-refractivity contribution in [3.05, 3.63) is 53.6 Å². The smallest absolute Gasteiger partial charge is 0.118 e. The van der Waals surface area contributed by atoms with E-state index in [0.29, 0.717) is 0 Å². The highest BCUT2D eigenvalue weighted by Gasteiger charge is 2.19. The maximum Gasteiger partial charge on any atom is 0.118 e. The summed E-state index contributed by atoms with van der Waals surface area (Å²) in [7, 11) is 1.70. The van der Waals surface area contributed by atoms with Gasteiger partial charge in [-0.2, -0.15) is 0 Å². The van der Waals surface area contributed by atoms with Gasteiger partial charge in [-0.25, -0.2) is 0 Å². The van der Waals surface area contributed by atoms with Crippen molar-refractivity contribution in [2.75, 3.05) is 7.11 Å². The number of hydrogen-bond acceptors (Lipinski definition) is 2. The minimum absolute atomic E-state index is 0.751. The SMILES string of the molecule is COc1ccc(-c2cc(CNC3CC3)ccc2C)cc1. The quantitative estimate of drug-likeness (QED) is 0.886. The van der Waals surface area contributed by atoms with E-state index in [2.05, 4.69) is 42.6 Å². The fourth-order valence-electron chi connectivity index (χ4n) is 2.41. The predicted octanol–water partition coefficient (Wildman–Crippen LogP) is 3.92. The van der Waals surface area contributed by atoms with Crippen LogP contribution in [-0.2, 0) is 6.54 Å². The molecule has 0 amide bonds. The van der Waals surface area contributed by atoms with E-state index < -0.39 is 0 Å². The molecule has 1 saturated carbocycles. The lowest BCUT2D eigenvalue weighted by atomic mass is 9.98. The van der Waals surface area contributed by atoms with Crippen LogP contribution >= 0.6 is 0 Å². The Hall–Kier alpha value is -1.80. The number of benzene rings is 2. The Labute approximate surface area is 120 Å². The van der Waals surface area contributed by atoms with Crippen LogP contribution in [0.1, 0.15) is 24.0 Å². The molecule has 1 aliphatic carbocycles. The molecule has 0 saturated heterocycles. The highest BCUT2D eigenvalue weighted by atomic mass is 16.5. The van der Waals surface area contributed by atoms with Gasteiger partial charge in [-0.3, -0.25) is 0 Å². The van der Waals surface area contributed by atoms with Crippen molar-refractivity contribution in [1.82, 2.24) is 5.32 Å². The van der Waals surface area contributed by atoms with Crippen LogP contribution in [0.25, 0.3) is 11.1 Å². The lowest BCUT2D eigenvalue weighted by Gasteiger charge is -2.10. The van der Waals surface area contributed by atoms with E-state index in [9.17, 15) is 0 Å². The van der Waals surface area contributed by atoms with E-state index in [0.717, 1.165) is 18.3 Å². The van der Waals surface area contributed by atoms with Crippen molar-refractivity contribution in [3.63, 3.8) is 0 Å². The van der Waals surface area contributed by atoms with Gasteiger partial charge in [-0.1, -0.05) is 24.3 Å². The fourth-order valence-corrected chi connectivity index (χ4v) is 2.41. The molecule has 2 aromatic carbocycles. The van der Waals surface area contributed by atoms with E-state index in [1.807, 2.05) is 12.1 Å². The lowest BCUT2D eigenvalue weighted by molar-refractivity contribution is 0.415. The fraction of sp³-hybridized carbons (Fsp3) is 0.333. The summed E-state index contributed by atoms with van der Waals surface area (Å²) in [6.07, 6.45) is 2.66. The first-order valence-corrected chi connectivity index (χ1v) is 7.23. The molecule has 2 nitrogen and oxygen atoms in total. The van der Waals surface area contributed by atoms with Gasteiger partial charge in [0.15, 0.2) is 0 Å². The van der Waals surface area contributed by atoms with Crippen molar-refractivity contribution in [2.45, 2.75) is 32.4 Å².